The van der Waals surface area contributed by atoms with E-state index in [9.17, 15) is 4.79 Å². The molecular weight excluding hydrogens is 336 g/mol. The third kappa shape index (κ3) is 3.33. The lowest BCUT2D eigenvalue weighted by Crippen LogP contribution is -2.23. The molecule has 0 atom stereocenters. The predicted molar refractivity (Wildman–Crippen MR) is 106 cm³/mol. The maximum absolute atomic E-state index is 13.1. The SMILES string of the molecule is CC(C)(C)c1ccc(OC(=O)C2c3ccccc3Oc3ccccc32)cc1. The average molecular weight is 358 g/mol. The average Bonchev–Trinajstić information content (AvgIpc) is 2.65. The molecule has 4 rings (SSSR count). The van der Waals surface area contributed by atoms with Gasteiger partial charge in [0.2, 0.25) is 0 Å². The van der Waals surface area contributed by atoms with E-state index in [-0.39, 0.29) is 11.4 Å². The zero-order valence-electron chi connectivity index (χ0n) is 15.7. The molecule has 0 saturated heterocycles. The van der Waals surface area contributed by atoms with E-state index in [1.807, 2.05) is 72.8 Å². The van der Waals surface area contributed by atoms with E-state index in [0.29, 0.717) is 17.2 Å². The van der Waals surface area contributed by atoms with E-state index in [0.717, 1.165) is 11.1 Å². The van der Waals surface area contributed by atoms with Crippen LogP contribution in [-0.2, 0) is 10.2 Å². The second-order valence-corrected chi connectivity index (χ2v) is 7.81. The predicted octanol–water partition coefficient (Wildman–Crippen LogP) is 5.83. The molecule has 1 aliphatic heterocycles. The van der Waals surface area contributed by atoms with Gasteiger partial charge in [-0.1, -0.05) is 69.3 Å². The van der Waals surface area contributed by atoms with Crippen LogP contribution in [0.3, 0.4) is 0 Å². The number of carbonyl (C=O) groups excluding carboxylic acids is 1. The van der Waals surface area contributed by atoms with Crippen LogP contribution in [0, 0.1) is 0 Å². The molecule has 0 unspecified atom stereocenters. The number of hydrogen-bond acceptors (Lipinski definition) is 3. The van der Waals surface area contributed by atoms with E-state index >= 15 is 0 Å². The molecule has 0 radical (unpaired) electrons. The number of rotatable bonds is 2. The van der Waals surface area contributed by atoms with Crippen molar-refractivity contribution in [3.05, 3.63) is 89.5 Å². The van der Waals surface area contributed by atoms with Crippen molar-refractivity contribution < 1.29 is 14.3 Å². The highest BCUT2D eigenvalue weighted by atomic mass is 16.5. The number of esters is 1. The normalized spacial score (nSPS) is 13.3. The fourth-order valence-electron chi connectivity index (χ4n) is 3.36. The number of fused-ring (bicyclic) bond motifs is 2. The first-order valence-electron chi connectivity index (χ1n) is 9.11. The van der Waals surface area contributed by atoms with Crippen LogP contribution in [0.5, 0.6) is 17.2 Å². The highest BCUT2D eigenvalue weighted by Gasteiger charge is 2.33. The molecule has 1 heterocycles. The molecule has 0 amide bonds. The van der Waals surface area contributed by atoms with Gasteiger partial charge in [0, 0.05) is 11.1 Å². The van der Waals surface area contributed by atoms with Crippen LogP contribution in [0.15, 0.2) is 72.8 Å². The zero-order chi connectivity index (χ0) is 19.0. The van der Waals surface area contributed by atoms with Gasteiger partial charge >= 0.3 is 5.97 Å². The highest BCUT2D eigenvalue weighted by Crippen LogP contribution is 2.44. The van der Waals surface area contributed by atoms with Gasteiger partial charge < -0.3 is 9.47 Å². The Labute approximate surface area is 159 Å². The first-order valence-corrected chi connectivity index (χ1v) is 9.11. The van der Waals surface area contributed by atoms with Crippen LogP contribution in [0.25, 0.3) is 0 Å². The first-order chi connectivity index (χ1) is 12.9. The smallest absolute Gasteiger partial charge is 0.323 e. The van der Waals surface area contributed by atoms with Crippen molar-refractivity contribution in [2.24, 2.45) is 0 Å². The van der Waals surface area contributed by atoms with E-state index in [4.69, 9.17) is 9.47 Å². The molecule has 0 N–H and O–H groups in total. The number of para-hydroxylation sites is 2. The standard InChI is InChI=1S/C24H22O3/c1-24(2,3)16-12-14-17(15-13-16)26-23(25)22-18-8-4-6-10-20(18)27-21-11-7-5-9-19(21)22/h4-15,22H,1-3H3. The molecule has 3 aromatic carbocycles. The summed E-state index contributed by atoms with van der Waals surface area (Å²) in [6.45, 7) is 6.47. The summed E-state index contributed by atoms with van der Waals surface area (Å²) >= 11 is 0. The van der Waals surface area contributed by atoms with E-state index in [2.05, 4.69) is 20.8 Å². The number of benzene rings is 3. The fraction of sp³-hybridized carbons (Fsp3) is 0.208. The third-order valence-corrected chi connectivity index (χ3v) is 4.85. The molecule has 3 aromatic rings. The minimum atomic E-state index is -0.506. The molecule has 27 heavy (non-hydrogen) atoms. The quantitative estimate of drug-likeness (QED) is 0.427. The molecule has 0 spiro atoms. The van der Waals surface area contributed by atoms with Gasteiger partial charge in [-0.2, -0.15) is 0 Å². The van der Waals surface area contributed by atoms with Crippen molar-refractivity contribution in [2.75, 3.05) is 0 Å². The largest absolute Gasteiger partial charge is 0.457 e. The van der Waals surface area contributed by atoms with Gasteiger partial charge in [-0.05, 0) is 35.2 Å². The van der Waals surface area contributed by atoms with Crippen LogP contribution in [-0.4, -0.2) is 5.97 Å². The van der Waals surface area contributed by atoms with Crippen molar-refractivity contribution in [3.8, 4) is 17.2 Å². The fourth-order valence-corrected chi connectivity index (χ4v) is 3.36. The van der Waals surface area contributed by atoms with Crippen molar-refractivity contribution in [1.82, 2.24) is 0 Å². The minimum absolute atomic E-state index is 0.0567. The molecule has 0 aliphatic carbocycles. The second kappa shape index (κ2) is 6.58. The Morgan fingerprint density at radius 2 is 1.33 bits per heavy atom. The lowest BCUT2D eigenvalue weighted by Gasteiger charge is -2.26. The summed E-state index contributed by atoms with van der Waals surface area (Å²) < 4.78 is 11.7. The van der Waals surface area contributed by atoms with E-state index in [1.54, 1.807) is 0 Å². The van der Waals surface area contributed by atoms with Gasteiger partial charge in [-0.25, -0.2) is 0 Å². The Morgan fingerprint density at radius 1 is 0.815 bits per heavy atom. The summed E-state index contributed by atoms with van der Waals surface area (Å²) in [5.41, 5.74) is 2.91. The lowest BCUT2D eigenvalue weighted by atomic mass is 9.87. The molecule has 1 aliphatic rings. The molecule has 0 bridgehead atoms. The monoisotopic (exact) mass is 358 g/mol. The lowest BCUT2D eigenvalue weighted by molar-refractivity contribution is -0.135. The van der Waals surface area contributed by atoms with Crippen molar-refractivity contribution >= 4 is 5.97 Å². The Bertz CT molecular complexity index is 936. The Kier molecular flexibility index (Phi) is 4.23. The molecule has 3 heteroatoms. The summed E-state index contributed by atoms with van der Waals surface area (Å²) in [7, 11) is 0. The van der Waals surface area contributed by atoms with E-state index < -0.39 is 5.92 Å². The highest BCUT2D eigenvalue weighted by molar-refractivity contribution is 5.87. The Morgan fingerprint density at radius 3 is 1.85 bits per heavy atom. The van der Waals surface area contributed by atoms with Gasteiger partial charge in [0.05, 0.1) is 0 Å². The summed E-state index contributed by atoms with van der Waals surface area (Å²) in [5.74, 6) is 1.13. The van der Waals surface area contributed by atoms with Crippen LogP contribution in [0.1, 0.15) is 43.4 Å². The number of hydrogen-bond donors (Lipinski definition) is 0. The third-order valence-electron chi connectivity index (χ3n) is 4.85. The van der Waals surface area contributed by atoms with Crippen LogP contribution >= 0.6 is 0 Å². The topological polar surface area (TPSA) is 35.5 Å². The number of carbonyl (C=O) groups is 1. The minimum Gasteiger partial charge on any atom is -0.457 e. The molecule has 0 aromatic heterocycles. The molecule has 3 nitrogen and oxygen atoms in total. The number of ether oxygens (including phenoxy) is 2. The summed E-state index contributed by atoms with van der Waals surface area (Å²) in [6, 6.07) is 22.9. The van der Waals surface area contributed by atoms with Crippen molar-refractivity contribution in [3.63, 3.8) is 0 Å². The van der Waals surface area contributed by atoms with Crippen LogP contribution < -0.4 is 9.47 Å². The molecule has 0 saturated carbocycles. The Hall–Kier alpha value is -3.07. The van der Waals surface area contributed by atoms with Crippen LogP contribution in [0.2, 0.25) is 0 Å². The molecule has 136 valence electrons. The van der Waals surface area contributed by atoms with Gasteiger partial charge in [-0.15, -0.1) is 0 Å². The summed E-state index contributed by atoms with van der Waals surface area (Å²) in [4.78, 5) is 13.1. The van der Waals surface area contributed by atoms with Gasteiger partial charge in [0.25, 0.3) is 0 Å². The van der Waals surface area contributed by atoms with Gasteiger partial charge in [-0.3, -0.25) is 4.79 Å². The van der Waals surface area contributed by atoms with Crippen molar-refractivity contribution in [2.45, 2.75) is 32.1 Å². The summed E-state index contributed by atoms with van der Waals surface area (Å²) in [6.07, 6.45) is 0. The maximum Gasteiger partial charge on any atom is 0.323 e. The maximum atomic E-state index is 13.1. The summed E-state index contributed by atoms with van der Waals surface area (Å²) in [5, 5.41) is 0. The van der Waals surface area contributed by atoms with Crippen molar-refractivity contribution in [1.29, 1.82) is 0 Å². The van der Waals surface area contributed by atoms with Crippen LogP contribution in [0.4, 0.5) is 0 Å². The first kappa shape index (κ1) is 17.3. The van der Waals surface area contributed by atoms with Gasteiger partial charge in [0.15, 0.2) is 0 Å². The zero-order valence-corrected chi connectivity index (χ0v) is 15.7. The molecule has 0 fully saturated rings. The van der Waals surface area contributed by atoms with E-state index in [1.165, 1.54) is 5.56 Å². The molecular formula is C24H22O3. The Balaban J connectivity index is 1.66. The second-order valence-electron chi connectivity index (χ2n) is 7.81. The van der Waals surface area contributed by atoms with Gasteiger partial charge in [0.1, 0.15) is 23.2 Å².